The largest absolute Gasteiger partial charge is 0.493 e. The van der Waals surface area contributed by atoms with Gasteiger partial charge < -0.3 is 14.8 Å². The van der Waals surface area contributed by atoms with Crippen molar-refractivity contribution in [2.24, 2.45) is 0 Å². The molecule has 7 nitrogen and oxygen atoms in total. The molecule has 1 saturated heterocycles. The molecule has 0 unspecified atom stereocenters. The summed E-state index contributed by atoms with van der Waals surface area (Å²) >= 11 is 0. The van der Waals surface area contributed by atoms with Crippen LogP contribution in [-0.2, 0) is 14.8 Å². The van der Waals surface area contributed by atoms with Crippen LogP contribution in [0, 0.1) is 0 Å². The van der Waals surface area contributed by atoms with E-state index in [1.165, 1.54) is 11.8 Å². The molecule has 2 N–H and O–H groups in total. The van der Waals surface area contributed by atoms with Gasteiger partial charge in [0.15, 0.2) is 0 Å². The van der Waals surface area contributed by atoms with Gasteiger partial charge in [0.2, 0.25) is 10.0 Å². The van der Waals surface area contributed by atoms with E-state index in [0.717, 1.165) is 50.8 Å². The Morgan fingerprint density at radius 1 is 1.25 bits per heavy atom. The average Bonchev–Trinajstić information content (AvgIpc) is 2.67. The third-order valence-electron chi connectivity index (χ3n) is 5.69. The molecule has 0 radical (unpaired) electrons. The maximum Gasteiger partial charge on any atom is 0.209 e. The van der Waals surface area contributed by atoms with Gasteiger partial charge in [0.1, 0.15) is 5.75 Å². The number of nitrogens with zero attached hydrogens (tertiary/aromatic N) is 1. The Labute approximate surface area is 168 Å². The molecule has 28 heavy (non-hydrogen) atoms. The summed E-state index contributed by atoms with van der Waals surface area (Å²) in [6, 6.07) is 1.89. The number of hydrogen-bond acceptors (Lipinski definition) is 6. The molecule has 2 heterocycles. The molecule has 0 spiro atoms. The summed E-state index contributed by atoms with van der Waals surface area (Å²) in [4.78, 5) is 4.28. The van der Waals surface area contributed by atoms with Crippen molar-refractivity contribution in [1.29, 1.82) is 0 Å². The molecule has 2 fully saturated rings. The number of hydrogen-bond donors (Lipinski definition) is 2. The first-order valence-electron chi connectivity index (χ1n) is 10.3. The maximum atomic E-state index is 11.6. The third-order valence-corrected chi connectivity index (χ3v) is 6.42. The number of pyridine rings is 1. The Kier molecular flexibility index (Phi) is 7.68. The molecule has 1 aliphatic heterocycles. The molecule has 158 valence electrons. The van der Waals surface area contributed by atoms with E-state index in [2.05, 4.69) is 15.0 Å². The van der Waals surface area contributed by atoms with Gasteiger partial charge in [-0.05, 0) is 64.0 Å². The Balaban J connectivity index is 1.49. The predicted molar refractivity (Wildman–Crippen MR) is 109 cm³/mol. The van der Waals surface area contributed by atoms with Crippen molar-refractivity contribution in [3.05, 3.63) is 24.0 Å². The lowest BCUT2D eigenvalue weighted by Gasteiger charge is -2.35. The van der Waals surface area contributed by atoms with E-state index >= 15 is 0 Å². The highest BCUT2D eigenvalue weighted by Gasteiger charge is 2.30. The minimum atomic E-state index is -3.21. The zero-order chi connectivity index (χ0) is 20.0. The van der Waals surface area contributed by atoms with E-state index in [9.17, 15) is 8.42 Å². The smallest absolute Gasteiger partial charge is 0.209 e. The van der Waals surface area contributed by atoms with Crippen molar-refractivity contribution in [3.63, 3.8) is 0 Å². The molecule has 8 heteroatoms. The normalized spacial score (nSPS) is 28.8. The van der Waals surface area contributed by atoms with Crippen LogP contribution in [0.25, 0.3) is 0 Å². The van der Waals surface area contributed by atoms with E-state index in [1.54, 1.807) is 6.20 Å². The van der Waals surface area contributed by atoms with Crippen LogP contribution in [0.15, 0.2) is 18.5 Å². The Morgan fingerprint density at radius 3 is 2.75 bits per heavy atom. The lowest BCUT2D eigenvalue weighted by atomic mass is 9.83. The van der Waals surface area contributed by atoms with E-state index in [0.29, 0.717) is 19.1 Å². The molecular formula is C20H33N3O4S. The number of ether oxygens (including phenoxy) is 2. The van der Waals surface area contributed by atoms with E-state index < -0.39 is 10.0 Å². The molecule has 2 aliphatic rings. The summed E-state index contributed by atoms with van der Waals surface area (Å²) in [5.74, 6) is 1.41. The second-order valence-electron chi connectivity index (χ2n) is 7.85. The number of sulfonamides is 1. The highest BCUT2D eigenvalue weighted by Crippen LogP contribution is 2.38. The first kappa shape index (κ1) is 21.5. The second kappa shape index (κ2) is 10.0. The fourth-order valence-corrected chi connectivity index (χ4v) is 5.14. The minimum Gasteiger partial charge on any atom is -0.493 e. The van der Waals surface area contributed by atoms with Gasteiger partial charge in [0.05, 0.1) is 25.6 Å². The lowest BCUT2D eigenvalue weighted by molar-refractivity contribution is 0.00509. The number of piperidine rings is 1. The molecule has 0 amide bonds. The van der Waals surface area contributed by atoms with Gasteiger partial charge in [0, 0.05) is 30.0 Å². The molecule has 1 saturated carbocycles. The van der Waals surface area contributed by atoms with Crippen molar-refractivity contribution in [2.75, 3.05) is 26.0 Å². The van der Waals surface area contributed by atoms with Crippen LogP contribution in [0.1, 0.15) is 56.9 Å². The highest BCUT2D eigenvalue weighted by molar-refractivity contribution is 7.88. The van der Waals surface area contributed by atoms with E-state index in [1.807, 2.05) is 19.2 Å². The van der Waals surface area contributed by atoms with Gasteiger partial charge in [-0.25, -0.2) is 13.1 Å². The standard InChI is InChI=1S/C20H33N3O4S/c1-3-26-20-10-12-21-13-17(20)15-6-8-16(9-7-15)27-14-19-18(5-4-11-22-19)23-28(2,24)25/h10,12-13,15-16,18-19,22-23H,3-9,11,14H2,1-2H3/t15?,16?,18-,19-/m0/s1. The van der Waals surface area contributed by atoms with Crippen LogP contribution in [0.5, 0.6) is 5.75 Å². The maximum absolute atomic E-state index is 11.6. The van der Waals surface area contributed by atoms with Crippen LogP contribution in [0.3, 0.4) is 0 Å². The third kappa shape index (κ3) is 6.14. The number of rotatable bonds is 8. The summed E-state index contributed by atoms with van der Waals surface area (Å²) < 4.78 is 37.9. The van der Waals surface area contributed by atoms with Crippen LogP contribution < -0.4 is 14.8 Å². The van der Waals surface area contributed by atoms with Gasteiger partial charge in [-0.2, -0.15) is 0 Å². The summed E-state index contributed by atoms with van der Waals surface area (Å²) in [6.45, 7) is 4.11. The Bertz CT molecular complexity index is 720. The van der Waals surface area contributed by atoms with Gasteiger partial charge in [0.25, 0.3) is 0 Å². The summed E-state index contributed by atoms with van der Waals surface area (Å²) in [7, 11) is -3.21. The van der Waals surface area contributed by atoms with Crippen molar-refractivity contribution < 1.29 is 17.9 Å². The van der Waals surface area contributed by atoms with Crippen molar-refractivity contribution in [3.8, 4) is 5.75 Å². The van der Waals surface area contributed by atoms with Crippen LogP contribution in [0.4, 0.5) is 0 Å². The number of aromatic nitrogens is 1. The van der Waals surface area contributed by atoms with Crippen molar-refractivity contribution in [1.82, 2.24) is 15.0 Å². The SMILES string of the molecule is CCOc1ccncc1C1CCC(OC[C@@H]2NCCC[C@@H]2NS(C)(=O)=O)CC1. The van der Waals surface area contributed by atoms with Gasteiger partial charge in [-0.15, -0.1) is 0 Å². The van der Waals surface area contributed by atoms with E-state index in [-0.39, 0.29) is 18.2 Å². The minimum absolute atomic E-state index is 0.0316. The molecule has 0 aromatic carbocycles. The fourth-order valence-electron chi connectivity index (χ4n) is 4.31. The molecular weight excluding hydrogens is 378 g/mol. The topological polar surface area (TPSA) is 89.6 Å². The molecule has 2 atom stereocenters. The van der Waals surface area contributed by atoms with Crippen LogP contribution in [0.2, 0.25) is 0 Å². The van der Waals surface area contributed by atoms with Gasteiger partial charge in [-0.3, -0.25) is 4.98 Å². The zero-order valence-corrected chi connectivity index (χ0v) is 17.7. The molecule has 0 bridgehead atoms. The summed E-state index contributed by atoms with van der Waals surface area (Å²) in [5.41, 5.74) is 1.20. The summed E-state index contributed by atoms with van der Waals surface area (Å²) in [5, 5.41) is 3.41. The molecule has 3 rings (SSSR count). The van der Waals surface area contributed by atoms with Gasteiger partial charge >= 0.3 is 0 Å². The second-order valence-corrected chi connectivity index (χ2v) is 9.63. The first-order chi connectivity index (χ1) is 13.5. The Morgan fingerprint density at radius 2 is 2.04 bits per heavy atom. The van der Waals surface area contributed by atoms with Crippen LogP contribution in [-0.4, -0.2) is 57.6 Å². The lowest BCUT2D eigenvalue weighted by Crippen LogP contribution is -2.55. The zero-order valence-electron chi connectivity index (χ0n) is 16.9. The highest BCUT2D eigenvalue weighted by atomic mass is 32.2. The monoisotopic (exact) mass is 411 g/mol. The van der Waals surface area contributed by atoms with Gasteiger partial charge in [-0.1, -0.05) is 0 Å². The molecule has 1 aliphatic carbocycles. The van der Waals surface area contributed by atoms with Crippen LogP contribution >= 0.6 is 0 Å². The average molecular weight is 412 g/mol. The fraction of sp³-hybridized carbons (Fsp3) is 0.750. The number of nitrogens with one attached hydrogen (secondary N) is 2. The predicted octanol–water partition coefficient (Wildman–Crippen LogP) is 2.19. The Hall–Kier alpha value is -1.22. The molecule has 1 aromatic heterocycles. The summed E-state index contributed by atoms with van der Waals surface area (Å²) in [6.07, 6.45) is 11.1. The quantitative estimate of drug-likeness (QED) is 0.682. The molecule has 1 aromatic rings. The first-order valence-corrected chi connectivity index (χ1v) is 12.2. The van der Waals surface area contributed by atoms with Crippen molar-refractivity contribution >= 4 is 10.0 Å². The van der Waals surface area contributed by atoms with Crippen molar-refractivity contribution in [2.45, 2.75) is 69.6 Å². The van der Waals surface area contributed by atoms with E-state index in [4.69, 9.17) is 9.47 Å².